The maximum atomic E-state index is 11.1. The minimum atomic E-state index is 0.0813. The lowest BCUT2D eigenvalue weighted by molar-refractivity contribution is -0.120. The first-order chi connectivity index (χ1) is 6.83. The van der Waals surface area contributed by atoms with Crippen LogP contribution in [-0.2, 0) is 11.2 Å². The van der Waals surface area contributed by atoms with Gasteiger partial charge in [-0.2, -0.15) is 0 Å². The van der Waals surface area contributed by atoms with Crippen LogP contribution in [0.25, 0.3) is 0 Å². The molecule has 76 valence electrons. The van der Waals surface area contributed by atoms with E-state index in [1.165, 1.54) is 0 Å². The Balaban J connectivity index is 2.19. The summed E-state index contributed by atoms with van der Waals surface area (Å²) in [7, 11) is 0. The second kappa shape index (κ2) is 6.54. The van der Waals surface area contributed by atoms with Crippen molar-refractivity contribution in [2.45, 2.75) is 12.8 Å². The molecule has 0 aliphatic carbocycles. The van der Waals surface area contributed by atoms with Gasteiger partial charge in [0, 0.05) is 36.6 Å². The highest BCUT2D eigenvalue weighted by Gasteiger charge is 1.98. The molecule has 0 fully saturated rings. The molecule has 0 aliphatic heterocycles. The van der Waals surface area contributed by atoms with Crippen LogP contribution in [0.2, 0.25) is 0 Å². The van der Waals surface area contributed by atoms with Crippen molar-refractivity contribution in [3.8, 4) is 0 Å². The zero-order valence-corrected chi connectivity index (χ0v) is 9.46. The van der Waals surface area contributed by atoms with Crippen LogP contribution in [0.3, 0.4) is 0 Å². The average molecular weight is 257 g/mol. The van der Waals surface area contributed by atoms with Crippen LogP contribution in [0.5, 0.6) is 0 Å². The fraction of sp³-hybridized carbons (Fsp3) is 0.400. The maximum Gasteiger partial charge on any atom is 0.220 e. The summed E-state index contributed by atoms with van der Waals surface area (Å²) < 4.78 is 0. The molecule has 1 aromatic heterocycles. The lowest BCUT2D eigenvalue weighted by atomic mass is 10.2. The minimum absolute atomic E-state index is 0.0813. The molecule has 1 aromatic rings. The normalized spacial score (nSPS) is 9.79. The van der Waals surface area contributed by atoms with E-state index in [-0.39, 0.29) is 5.91 Å². The number of pyridine rings is 1. The predicted octanol–water partition coefficient (Wildman–Crippen LogP) is 1.53. The quantitative estimate of drug-likeness (QED) is 0.813. The first-order valence-corrected chi connectivity index (χ1v) is 5.67. The number of alkyl halides is 1. The average Bonchev–Trinajstić information content (AvgIpc) is 2.20. The Hall–Kier alpha value is -0.900. The molecule has 0 saturated heterocycles. The largest absolute Gasteiger partial charge is 0.356 e. The summed E-state index contributed by atoms with van der Waals surface area (Å²) >= 11 is 3.21. The van der Waals surface area contributed by atoms with Crippen LogP contribution in [0.1, 0.15) is 12.1 Å². The van der Waals surface area contributed by atoms with Gasteiger partial charge in [-0.1, -0.05) is 22.0 Å². The molecule has 0 aliphatic rings. The van der Waals surface area contributed by atoms with Gasteiger partial charge in [0.15, 0.2) is 0 Å². The molecule has 0 spiro atoms. The van der Waals surface area contributed by atoms with Gasteiger partial charge in [0.2, 0.25) is 5.91 Å². The molecule has 1 amide bonds. The molecule has 0 atom stereocenters. The number of amides is 1. The Kier molecular flexibility index (Phi) is 5.22. The van der Waals surface area contributed by atoms with E-state index in [4.69, 9.17) is 0 Å². The van der Waals surface area contributed by atoms with Crippen LogP contribution in [-0.4, -0.2) is 22.8 Å². The van der Waals surface area contributed by atoms with Gasteiger partial charge < -0.3 is 5.32 Å². The number of hydrogen-bond acceptors (Lipinski definition) is 2. The predicted molar refractivity (Wildman–Crippen MR) is 59.4 cm³/mol. The summed E-state index contributed by atoms with van der Waals surface area (Å²) in [4.78, 5) is 15.2. The lowest BCUT2D eigenvalue weighted by Crippen LogP contribution is -2.25. The van der Waals surface area contributed by atoms with Gasteiger partial charge in [-0.05, 0) is 12.1 Å². The molecule has 1 heterocycles. The van der Waals surface area contributed by atoms with Crippen LogP contribution in [0.4, 0.5) is 0 Å². The molecular formula is C10H13BrN2O. The van der Waals surface area contributed by atoms with Crippen LogP contribution in [0, 0.1) is 0 Å². The fourth-order valence-corrected chi connectivity index (χ4v) is 1.41. The molecular weight excluding hydrogens is 244 g/mol. The number of nitrogens with one attached hydrogen (secondary N) is 1. The molecule has 14 heavy (non-hydrogen) atoms. The summed E-state index contributed by atoms with van der Waals surface area (Å²) in [5.41, 5.74) is 1.01. The van der Waals surface area contributed by atoms with E-state index in [0.717, 1.165) is 12.1 Å². The summed E-state index contributed by atoms with van der Waals surface area (Å²) in [6.45, 7) is 0.656. The highest BCUT2D eigenvalue weighted by Crippen LogP contribution is 1.93. The van der Waals surface area contributed by atoms with Crippen LogP contribution in [0.15, 0.2) is 24.4 Å². The van der Waals surface area contributed by atoms with E-state index in [9.17, 15) is 4.79 Å². The number of carbonyl (C=O) groups excluding carboxylic acids is 1. The van der Waals surface area contributed by atoms with Crippen molar-refractivity contribution in [3.05, 3.63) is 30.1 Å². The Morgan fingerprint density at radius 1 is 1.50 bits per heavy atom. The number of nitrogens with zero attached hydrogens (tertiary/aromatic N) is 1. The van der Waals surface area contributed by atoms with Gasteiger partial charge >= 0.3 is 0 Å². The second-order valence-electron chi connectivity index (χ2n) is 2.86. The summed E-state index contributed by atoms with van der Waals surface area (Å²) in [6.07, 6.45) is 3.08. The van der Waals surface area contributed by atoms with Crippen molar-refractivity contribution < 1.29 is 4.79 Å². The number of carbonyl (C=O) groups is 1. The minimum Gasteiger partial charge on any atom is -0.356 e. The molecule has 0 saturated carbocycles. The summed E-state index contributed by atoms with van der Waals surface area (Å²) in [5.74, 6) is 0.0813. The Labute approximate surface area is 92.1 Å². The van der Waals surface area contributed by atoms with Crippen molar-refractivity contribution in [2.75, 3.05) is 11.9 Å². The lowest BCUT2D eigenvalue weighted by Gasteiger charge is -2.02. The van der Waals surface area contributed by atoms with Crippen molar-refractivity contribution >= 4 is 21.8 Å². The number of hydrogen-bond donors (Lipinski definition) is 1. The molecule has 0 bridgehead atoms. The monoisotopic (exact) mass is 256 g/mol. The molecule has 4 heteroatoms. The number of aromatic nitrogens is 1. The molecule has 0 radical (unpaired) electrons. The molecule has 0 unspecified atom stereocenters. The van der Waals surface area contributed by atoms with E-state index in [2.05, 4.69) is 26.2 Å². The molecule has 1 N–H and O–H groups in total. The van der Waals surface area contributed by atoms with E-state index in [1.54, 1.807) is 6.20 Å². The molecule has 1 rings (SSSR count). The van der Waals surface area contributed by atoms with Crippen LogP contribution >= 0.6 is 15.9 Å². The fourth-order valence-electron chi connectivity index (χ4n) is 1.05. The van der Waals surface area contributed by atoms with Gasteiger partial charge in [-0.3, -0.25) is 9.78 Å². The first kappa shape index (κ1) is 11.2. The Bertz CT molecular complexity index is 277. The van der Waals surface area contributed by atoms with Gasteiger partial charge in [0.05, 0.1) is 0 Å². The molecule has 3 nitrogen and oxygen atoms in total. The zero-order chi connectivity index (χ0) is 10.2. The van der Waals surface area contributed by atoms with Crippen molar-refractivity contribution in [1.29, 1.82) is 0 Å². The summed E-state index contributed by atoms with van der Waals surface area (Å²) in [5, 5.41) is 3.53. The van der Waals surface area contributed by atoms with Gasteiger partial charge in [0.25, 0.3) is 0 Å². The number of halogens is 1. The zero-order valence-electron chi connectivity index (χ0n) is 7.87. The van der Waals surface area contributed by atoms with E-state index in [1.807, 2.05) is 18.2 Å². The third-order valence-electron chi connectivity index (χ3n) is 1.75. The van der Waals surface area contributed by atoms with Crippen molar-refractivity contribution in [2.24, 2.45) is 0 Å². The standard InChI is InChI=1S/C10H13BrN2O/c11-6-4-10(14)13-8-5-9-3-1-2-7-12-9/h1-3,7H,4-6,8H2,(H,13,14). The van der Waals surface area contributed by atoms with E-state index in [0.29, 0.717) is 18.3 Å². The SMILES string of the molecule is O=C(CCBr)NCCc1ccccn1. The van der Waals surface area contributed by atoms with E-state index >= 15 is 0 Å². The highest BCUT2D eigenvalue weighted by atomic mass is 79.9. The number of rotatable bonds is 5. The second-order valence-corrected chi connectivity index (χ2v) is 3.65. The maximum absolute atomic E-state index is 11.1. The van der Waals surface area contributed by atoms with Crippen molar-refractivity contribution in [3.63, 3.8) is 0 Å². The van der Waals surface area contributed by atoms with Gasteiger partial charge in [0.1, 0.15) is 0 Å². The summed E-state index contributed by atoms with van der Waals surface area (Å²) in [6, 6.07) is 5.78. The first-order valence-electron chi connectivity index (χ1n) is 4.55. The third kappa shape index (κ3) is 4.37. The topological polar surface area (TPSA) is 42.0 Å². The Morgan fingerprint density at radius 3 is 3.00 bits per heavy atom. The smallest absolute Gasteiger partial charge is 0.220 e. The van der Waals surface area contributed by atoms with Gasteiger partial charge in [-0.25, -0.2) is 0 Å². The van der Waals surface area contributed by atoms with Crippen molar-refractivity contribution in [1.82, 2.24) is 10.3 Å². The highest BCUT2D eigenvalue weighted by molar-refractivity contribution is 9.09. The van der Waals surface area contributed by atoms with Gasteiger partial charge in [-0.15, -0.1) is 0 Å². The van der Waals surface area contributed by atoms with Crippen LogP contribution < -0.4 is 5.32 Å². The molecule has 0 aromatic carbocycles. The Morgan fingerprint density at radius 2 is 2.36 bits per heavy atom. The van der Waals surface area contributed by atoms with E-state index < -0.39 is 0 Å². The third-order valence-corrected chi connectivity index (χ3v) is 2.15.